The Morgan fingerprint density at radius 1 is 1.37 bits per heavy atom. The Hall–Kier alpha value is -2.42. The van der Waals surface area contributed by atoms with Crippen LogP contribution in [0.4, 0.5) is 13.2 Å². The van der Waals surface area contributed by atoms with Crippen LogP contribution in [0, 0.1) is 0 Å². The maximum Gasteiger partial charge on any atom is 0.417 e. The van der Waals surface area contributed by atoms with E-state index in [4.69, 9.17) is 4.74 Å². The Morgan fingerprint density at radius 3 is 2.70 bits per heavy atom. The van der Waals surface area contributed by atoms with E-state index in [9.17, 15) is 18.0 Å². The number of carbonyl (C=O) groups is 1. The van der Waals surface area contributed by atoms with Gasteiger partial charge in [-0.3, -0.25) is 4.79 Å². The minimum atomic E-state index is -4.45. The normalized spacial score (nSPS) is 17.5. The SMILES string of the molecule is CC(C)c1c(C(=O)NCC2CCCO2)cnn1-c1ccc(C(F)(F)F)cn1. The van der Waals surface area contributed by atoms with Gasteiger partial charge in [0.15, 0.2) is 5.82 Å². The average molecular weight is 382 g/mol. The summed E-state index contributed by atoms with van der Waals surface area (Å²) < 4.78 is 45.1. The molecule has 0 bridgehead atoms. The summed E-state index contributed by atoms with van der Waals surface area (Å²) in [5.41, 5.74) is 0.135. The third-order valence-corrected chi connectivity index (χ3v) is 4.40. The van der Waals surface area contributed by atoms with E-state index in [1.54, 1.807) is 0 Å². The highest BCUT2D eigenvalue weighted by Crippen LogP contribution is 2.29. The van der Waals surface area contributed by atoms with Crippen LogP contribution in [0.3, 0.4) is 0 Å². The molecule has 0 aliphatic carbocycles. The predicted molar refractivity (Wildman–Crippen MR) is 91.8 cm³/mol. The van der Waals surface area contributed by atoms with Crippen LogP contribution in [-0.4, -0.2) is 39.9 Å². The average Bonchev–Trinajstić information content (AvgIpc) is 3.28. The first kappa shape index (κ1) is 19.3. The number of pyridine rings is 1. The molecule has 0 aromatic carbocycles. The number of rotatable bonds is 5. The van der Waals surface area contributed by atoms with Crippen molar-refractivity contribution in [1.29, 1.82) is 0 Å². The van der Waals surface area contributed by atoms with E-state index in [2.05, 4.69) is 15.4 Å². The summed E-state index contributed by atoms with van der Waals surface area (Å²) in [5.74, 6) is -0.141. The highest BCUT2D eigenvalue weighted by Gasteiger charge is 2.31. The van der Waals surface area contributed by atoms with Crippen LogP contribution in [0.2, 0.25) is 0 Å². The van der Waals surface area contributed by atoms with Crippen LogP contribution in [-0.2, 0) is 10.9 Å². The van der Waals surface area contributed by atoms with Gasteiger partial charge in [-0.15, -0.1) is 0 Å². The van der Waals surface area contributed by atoms with Crippen LogP contribution in [0.25, 0.3) is 5.82 Å². The molecule has 1 amide bonds. The molecule has 3 heterocycles. The van der Waals surface area contributed by atoms with Crippen molar-refractivity contribution in [3.63, 3.8) is 0 Å². The lowest BCUT2D eigenvalue weighted by Gasteiger charge is -2.14. The minimum Gasteiger partial charge on any atom is -0.376 e. The standard InChI is InChI=1S/C18H21F3N4O2/c1-11(2)16-14(17(26)23-9-13-4-3-7-27-13)10-24-25(16)15-6-5-12(8-22-15)18(19,20)21/h5-6,8,10-11,13H,3-4,7,9H2,1-2H3,(H,23,26). The zero-order valence-electron chi connectivity index (χ0n) is 15.1. The minimum absolute atomic E-state index is 0.0167. The summed E-state index contributed by atoms with van der Waals surface area (Å²) in [5, 5.41) is 7.02. The lowest BCUT2D eigenvalue weighted by Crippen LogP contribution is -2.32. The predicted octanol–water partition coefficient (Wildman–Crippen LogP) is 3.32. The summed E-state index contributed by atoms with van der Waals surface area (Å²) in [4.78, 5) is 16.4. The van der Waals surface area contributed by atoms with Crippen LogP contribution < -0.4 is 5.32 Å². The second-order valence-electron chi connectivity index (χ2n) is 6.76. The molecule has 27 heavy (non-hydrogen) atoms. The van der Waals surface area contributed by atoms with E-state index >= 15 is 0 Å². The van der Waals surface area contributed by atoms with Gasteiger partial charge in [0, 0.05) is 19.3 Å². The Morgan fingerprint density at radius 2 is 2.15 bits per heavy atom. The van der Waals surface area contributed by atoms with Crippen molar-refractivity contribution in [3.8, 4) is 5.82 Å². The molecule has 146 valence electrons. The number of hydrogen-bond donors (Lipinski definition) is 1. The number of nitrogens with zero attached hydrogens (tertiary/aromatic N) is 3. The smallest absolute Gasteiger partial charge is 0.376 e. The quantitative estimate of drug-likeness (QED) is 0.861. The highest BCUT2D eigenvalue weighted by molar-refractivity contribution is 5.95. The number of nitrogens with one attached hydrogen (secondary N) is 1. The molecule has 2 aromatic rings. The molecular weight excluding hydrogens is 361 g/mol. The molecule has 0 radical (unpaired) electrons. The monoisotopic (exact) mass is 382 g/mol. The Kier molecular flexibility index (Phi) is 5.50. The molecular formula is C18H21F3N4O2. The number of carbonyl (C=O) groups excluding carboxylic acids is 1. The molecule has 0 saturated carbocycles. The third-order valence-electron chi connectivity index (χ3n) is 4.40. The van der Waals surface area contributed by atoms with E-state index in [-0.39, 0.29) is 23.7 Å². The Bertz CT molecular complexity index is 794. The largest absolute Gasteiger partial charge is 0.417 e. The summed E-state index contributed by atoms with van der Waals surface area (Å²) in [7, 11) is 0. The second-order valence-corrected chi connectivity index (χ2v) is 6.76. The number of alkyl halides is 3. The van der Waals surface area contributed by atoms with E-state index < -0.39 is 11.7 Å². The first-order chi connectivity index (χ1) is 12.8. The zero-order chi connectivity index (χ0) is 19.6. The lowest BCUT2D eigenvalue weighted by atomic mass is 10.1. The van der Waals surface area contributed by atoms with Gasteiger partial charge in [0.05, 0.1) is 29.1 Å². The van der Waals surface area contributed by atoms with Crippen molar-refractivity contribution >= 4 is 5.91 Å². The van der Waals surface area contributed by atoms with Gasteiger partial charge >= 0.3 is 6.18 Å². The molecule has 9 heteroatoms. The zero-order valence-corrected chi connectivity index (χ0v) is 15.1. The van der Waals surface area contributed by atoms with E-state index in [0.717, 1.165) is 25.1 Å². The van der Waals surface area contributed by atoms with Gasteiger partial charge in [0.1, 0.15) is 0 Å². The van der Waals surface area contributed by atoms with Gasteiger partial charge in [0.25, 0.3) is 5.91 Å². The van der Waals surface area contributed by atoms with Crippen LogP contribution >= 0.6 is 0 Å². The van der Waals surface area contributed by atoms with Gasteiger partial charge in [-0.1, -0.05) is 13.8 Å². The van der Waals surface area contributed by atoms with E-state index in [1.165, 1.54) is 16.9 Å². The maximum absolute atomic E-state index is 12.7. The van der Waals surface area contributed by atoms with Crippen molar-refractivity contribution in [2.24, 2.45) is 0 Å². The van der Waals surface area contributed by atoms with Gasteiger partial charge in [-0.2, -0.15) is 18.3 Å². The molecule has 1 aliphatic rings. The summed E-state index contributed by atoms with van der Waals surface area (Å²) in [6, 6.07) is 2.20. The first-order valence-electron chi connectivity index (χ1n) is 8.78. The maximum atomic E-state index is 12.7. The van der Waals surface area contributed by atoms with Crippen LogP contribution in [0.1, 0.15) is 54.2 Å². The third kappa shape index (κ3) is 4.29. The molecule has 1 fully saturated rings. The van der Waals surface area contributed by atoms with E-state index in [1.807, 2.05) is 13.8 Å². The Labute approximate surface area is 154 Å². The number of halogens is 3. The lowest BCUT2D eigenvalue weighted by molar-refractivity contribution is -0.137. The van der Waals surface area contributed by atoms with Gasteiger partial charge < -0.3 is 10.1 Å². The summed E-state index contributed by atoms with van der Waals surface area (Å²) in [6.07, 6.45) is -0.369. The summed E-state index contributed by atoms with van der Waals surface area (Å²) in [6.45, 7) is 4.89. The van der Waals surface area contributed by atoms with Crippen molar-refractivity contribution in [3.05, 3.63) is 41.3 Å². The van der Waals surface area contributed by atoms with Crippen LogP contribution in [0.15, 0.2) is 24.5 Å². The molecule has 0 spiro atoms. The van der Waals surface area contributed by atoms with Crippen molar-refractivity contribution in [2.45, 2.75) is 44.9 Å². The second kappa shape index (κ2) is 7.67. The number of hydrogen-bond acceptors (Lipinski definition) is 4. The first-order valence-corrected chi connectivity index (χ1v) is 8.78. The molecule has 1 saturated heterocycles. The van der Waals surface area contributed by atoms with Gasteiger partial charge in [-0.25, -0.2) is 9.67 Å². The molecule has 3 rings (SSSR count). The van der Waals surface area contributed by atoms with E-state index in [0.29, 0.717) is 24.4 Å². The molecule has 2 aromatic heterocycles. The molecule has 1 N–H and O–H groups in total. The van der Waals surface area contributed by atoms with Crippen LogP contribution in [0.5, 0.6) is 0 Å². The fourth-order valence-electron chi connectivity index (χ4n) is 3.06. The fraction of sp³-hybridized carbons (Fsp3) is 0.500. The topological polar surface area (TPSA) is 69.0 Å². The molecule has 6 nitrogen and oxygen atoms in total. The Balaban J connectivity index is 1.83. The number of aromatic nitrogens is 3. The van der Waals surface area contributed by atoms with Gasteiger partial charge in [-0.05, 0) is 30.9 Å². The van der Waals surface area contributed by atoms with Crippen molar-refractivity contribution in [2.75, 3.05) is 13.2 Å². The molecule has 1 atom stereocenters. The number of amides is 1. The molecule has 1 aliphatic heterocycles. The van der Waals surface area contributed by atoms with Gasteiger partial charge in [0.2, 0.25) is 0 Å². The van der Waals surface area contributed by atoms with Crippen molar-refractivity contribution < 1.29 is 22.7 Å². The summed E-state index contributed by atoms with van der Waals surface area (Å²) >= 11 is 0. The fourth-order valence-corrected chi connectivity index (χ4v) is 3.06. The molecule has 1 unspecified atom stereocenters. The van der Waals surface area contributed by atoms with Crippen molar-refractivity contribution in [1.82, 2.24) is 20.1 Å². The number of ether oxygens (including phenoxy) is 1. The highest BCUT2D eigenvalue weighted by atomic mass is 19.4.